The first-order valence-corrected chi connectivity index (χ1v) is 11.7. The lowest BCUT2D eigenvalue weighted by molar-refractivity contribution is 0.468. The second kappa shape index (κ2) is 7.23. The van der Waals surface area contributed by atoms with Gasteiger partial charge in [0.2, 0.25) is 0 Å². The van der Waals surface area contributed by atoms with Gasteiger partial charge in [0, 0.05) is 11.4 Å². The van der Waals surface area contributed by atoms with Crippen LogP contribution in [0.15, 0.2) is 23.3 Å². The van der Waals surface area contributed by atoms with Crippen molar-refractivity contribution in [2.24, 2.45) is 0 Å². The second-order valence-electron chi connectivity index (χ2n) is 8.13. The molecule has 31 heavy (non-hydrogen) atoms. The molecular weight excluding hydrogens is 410 g/mol. The molecule has 2 aliphatic rings. The lowest BCUT2D eigenvalue weighted by Crippen LogP contribution is -2.42. The van der Waals surface area contributed by atoms with Gasteiger partial charge < -0.3 is 9.88 Å². The molecule has 1 saturated carbocycles. The Kier molecular flexibility index (Phi) is 4.34. The van der Waals surface area contributed by atoms with Gasteiger partial charge in [-0.15, -0.1) is 21.5 Å². The van der Waals surface area contributed by atoms with Crippen LogP contribution in [0.1, 0.15) is 56.7 Å². The Morgan fingerprint density at radius 2 is 2.00 bits per heavy atom. The van der Waals surface area contributed by atoms with Gasteiger partial charge in [0.1, 0.15) is 22.9 Å². The van der Waals surface area contributed by atoms with E-state index >= 15 is 0 Å². The van der Waals surface area contributed by atoms with E-state index in [2.05, 4.69) is 46.5 Å². The molecule has 1 aliphatic carbocycles. The van der Waals surface area contributed by atoms with Crippen molar-refractivity contribution < 1.29 is 0 Å². The van der Waals surface area contributed by atoms with E-state index in [9.17, 15) is 0 Å². The molecule has 1 aliphatic heterocycles. The molecule has 0 spiro atoms. The summed E-state index contributed by atoms with van der Waals surface area (Å²) in [6.07, 6.45) is 9.51. The van der Waals surface area contributed by atoms with Crippen LogP contribution in [-0.4, -0.2) is 45.7 Å². The first kappa shape index (κ1) is 18.6. The summed E-state index contributed by atoms with van der Waals surface area (Å²) in [5.74, 6) is 4.19. The Bertz CT molecular complexity index is 1220. The maximum absolute atomic E-state index is 5.07. The number of hydrogen-bond donors (Lipinski definition) is 1. The lowest BCUT2D eigenvalue weighted by atomic mass is 10.0. The van der Waals surface area contributed by atoms with E-state index in [1.54, 1.807) is 23.0 Å². The zero-order valence-corrected chi connectivity index (χ0v) is 18.3. The number of aromatic amines is 1. The van der Waals surface area contributed by atoms with Crippen LogP contribution in [0.25, 0.3) is 28.7 Å². The number of H-pyrrole nitrogens is 1. The highest BCUT2D eigenvalue weighted by molar-refractivity contribution is 7.07. The fourth-order valence-corrected chi connectivity index (χ4v) is 5.43. The van der Waals surface area contributed by atoms with Gasteiger partial charge >= 0.3 is 0 Å². The van der Waals surface area contributed by atoms with Gasteiger partial charge in [-0.25, -0.2) is 19.9 Å². The number of rotatable bonds is 4. The first-order chi connectivity index (χ1) is 15.2. The quantitative estimate of drug-likeness (QED) is 0.517. The highest BCUT2D eigenvalue weighted by Crippen LogP contribution is 2.43. The highest BCUT2D eigenvalue weighted by Gasteiger charge is 2.39. The van der Waals surface area contributed by atoms with Crippen LogP contribution < -0.4 is 4.90 Å². The third-order valence-electron chi connectivity index (χ3n) is 6.32. The van der Waals surface area contributed by atoms with Crippen molar-refractivity contribution in [2.75, 3.05) is 4.90 Å². The summed E-state index contributed by atoms with van der Waals surface area (Å²) in [7, 11) is 0. The van der Waals surface area contributed by atoms with E-state index in [4.69, 9.17) is 4.98 Å². The average Bonchev–Trinajstić information content (AvgIpc) is 3.59. The van der Waals surface area contributed by atoms with Crippen LogP contribution in [0.3, 0.4) is 0 Å². The molecule has 5 heterocycles. The SMILES string of the molecule is CC[C@@H]1c2nnc(C)n2-c2cnc(-c3cnc(-c4cscn4)[nH]3)nc2N1C1CCCC1. The molecule has 6 rings (SSSR count). The molecule has 10 heteroatoms. The van der Waals surface area contributed by atoms with Crippen molar-refractivity contribution in [1.82, 2.24) is 39.7 Å². The van der Waals surface area contributed by atoms with Crippen LogP contribution >= 0.6 is 11.3 Å². The average molecular weight is 434 g/mol. The van der Waals surface area contributed by atoms with Gasteiger partial charge in [0.25, 0.3) is 0 Å². The molecule has 4 aromatic rings. The summed E-state index contributed by atoms with van der Waals surface area (Å²) in [4.78, 5) is 24.4. The third kappa shape index (κ3) is 2.88. The molecule has 0 saturated heterocycles. The van der Waals surface area contributed by atoms with Crippen LogP contribution in [-0.2, 0) is 0 Å². The fourth-order valence-electron chi connectivity index (χ4n) is 4.89. The van der Waals surface area contributed by atoms with E-state index < -0.39 is 0 Å². The molecule has 0 bridgehead atoms. The van der Waals surface area contributed by atoms with Crippen molar-refractivity contribution >= 4 is 17.2 Å². The molecule has 0 amide bonds. The van der Waals surface area contributed by atoms with Crippen LogP contribution in [0.4, 0.5) is 5.82 Å². The van der Waals surface area contributed by atoms with E-state index in [0.717, 1.165) is 46.8 Å². The largest absolute Gasteiger partial charge is 0.341 e. The van der Waals surface area contributed by atoms with Crippen LogP contribution in [0.5, 0.6) is 0 Å². The summed E-state index contributed by atoms with van der Waals surface area (Å²) >= 11 is 1.55. The molecule has 1 atom stereocenters. The van der Waals surface area contributed by atoms with E-state index in [0.29, 0.717) is 11.9 Å². The fraction of sp³-hybridized carbons (Fsp3) is 0.429. The van der Waals surface area contributed by atoms with Crippen molar-refractivity contribution in [3.8, 4) is 28.7 Å². The number of aromatic nitrogens is 8. The zero-order valence-electron chi connectivity index (χ0n) is 17.5. The summed E-state index contributed by atoms with van der Waals surface area (Å²) < 4.78 is 2.12. The molecule has 1 N–H and O–H groups in total. The molecule has 158 valence electrons. The highest BCUT2D eigenvalue weighted by atomic mass is 32.1. The van der Waals surface area contributed by atoms with Crippen LogP contribution in [0.2, 0.25) is 0 Å². The number of imidazole rings is 1. The molecule has 1 fully saturated rings. The number of nitrogens with one attached hydrogen (secondary N) is 1. The van der Waals surface area contributed by atoms with Crippen molar-refractivity contribution in [3.63, 3.8) is 0 Å². The lowest BCUT2D eigenvalue weighted by Gasteiger charge is -2.41. The molecular formula is C21H23N9S. The monoisotopic (exact) mass is 433 g/mol. The number of aryl methyl sites for hydroxylation is 1. The van der Waals surface area contributed by atoms with E-state index in [1.807, 2.05) is 18.5 Å². The minimum Gasteiger partial charge on any atom is -0.341 e. The zero-order chi connectivity index (χ0) is 20.9. The predicted molar refractivity (Wildman–Crippen MR) is 118 cm³/mol. The standard InChI is InChI=1S/C21H23N9S/c1-3-16-21-28-27-12(2)29(21)17-9-23-18(26-20(17)30(16)13-6-4-5-7-13)14-8-22-19(25-14)15-10-31-11-24-15/h8-11,13,16H,3-7H2,1-2H3,(H,22,25)/t16-/m1/s1. The number of nitrogens with zero attached hydrogens (tertiary/aromatic N) is 8. The molecule has 0 radical (unpaired) electrons. The van der Waals surface area contributed by atoms with Crippen molar-refractivity contribution in [1.29, 1.82) is 0 Å². The molecule has 0 unspecified atom stereocenters. The topological polar surface area (TPSA) is 101 Å². The van der Waals surface area contributed by atoms with Gasteiger partial charge in [-0.3, -0.25) is 4.57 Å². The predicted octanol–water partition coefficient (Wildman–Crippen LogP) is 4.09. The van der Waals surface area contributed by atoms with Gasteiger partial charge in [-0.05, 0) is 26.2 Å². The number of thiazole rings is 1. The number of fused-ring (bicyclic) bond motifs is 3. The summed E-state index contributed by atoms with van der Waals surface area (Å²) in [5.41, 5.74) is 4.38. The van der Waals surface area contributed by atoms with Crippen molar-refractivity contribution in [3.05, 3.63) is 34.9 Å². The number of anilines is 1. The number of hydrogen-bond acceptors (Lipinski definition) is 8. The minimum atomic E-state index is 0.159. The Labute approximate surface area is 183 Å². The van der Waals surface area contributed by atoms with Gasteiger partial charge in [-0.2, -0.15) is 0 Å². The Balaban J connectivity index is 1.49. The van der Waals surface area contributed by atoms with Gasteiger partial charge in [-0.1, -0.05) is 19.8 Å². The third-order valence-corrected chi connectivity index (χ3v) is 6.90. The summed E-state index contributed by atoms with van der Waals surface area (Å²) in [5, 5.41) is 10.9. The Morgan fingerprint density at radius 1 is 1.13 bits per heavy atom. The van der Waals surface area contributed by atoms with E-state index in [1.165, 1.54) is 25.7 Å². The van der Waals surface area contributed by atoms with Crippen LogP contribution in [0, 0.1) is 6.92 Å². The summed E-state index contributed by atoms with van der Waals surface area (Å²) in [6, 6.07) is 0.622. The maximum Gasteiger partial charge on any atom is 0.179 e. The maximum atomic E-state index is 5.07. The normalized spacial score (nSPS) is 18.4. The minimum absolute atomic E-state index is 0.159. The van der Waals surface area contributed by atoms with Gasteiger partial charge in [0.05, 0.1) is 23.9 Å². The van der Waals surface area contributed by atoms with Gasteiger partial charge in [0.15, 0.2) is 23.3 Å². The summed E-state index contributed by atoms with van der Waals surface area (Å²) in [6.45, 7) is 4.20. The second-order valence-corrected chi connectivity index (χ2v) is 8.85. The Hall–Kier alpha value is -3.14. The Morgan fingerprint density at radius 3 is 2.77 bits per heavy atom. The molecule has 0 aromatic carbocycles. The van der Waals surface area contributed by atoms with Crippen molar-refractivity contribution in [2.45, 2.75) is 58.0 Å². The smallest absolute Gasteiger partial charge is 0.179 e. The molecule has 4 aromatic heterocycles. The first-order valence-electron chi connectivity index (χ1n) is 10.8. The van der Waals surface area contributed by atoms with E-state index in [-0.39, 0.29) is 6.04 Å². The molecule has 9 nitrogen and oxygen atoms in total.